The van der Waals surface area contributed by atoms with Crippen LogP contribution in [0.2, 0.25) is 0 Å². The molecule has 3 aromatic carbocycles. The lowest BCUT2D eigenvalue weighted by Gasteiger charge is -2.03. The molecular weight excluding hydrogens is 352 g/mol. The number of carbonyl (C=O) groups excluding carboxylic acids is 1. The third-order valence-electron chi connectivity index (χ3n) is 3.91. The van der Waals surface area contributed by atoms with Crippen molar-refractivity contribution < 1.29 is 9.53 Å². The molecule has 0 radical (unpaired) electrons. The molecule has 0 aliphatic carbocycles. The molecule has 0 aliphatic heterocycles. The van der Waals surface area contributed by atoms with Crippen LogP contribution in [-0.4, -0.2) is 13.1 Å². The third-order valence-corrected chi connectivity index (χ3v) is 4.21. The van der Waals surface area contributed by atoms with E-state index in [2.05, 4.69) is 49.0 Å². The van der Waals surface area contributed by atoms with Crippen molar-refractivity contribution in [1.29, 1.82) is 0 Å². The Morgan fingerprint density at radius 2 is 1.15 bits per heavy atom. The van der Waals surface area contributed by atoms with Crippen LogP contribution in [-0.2, 0) is 4.74 Å². The number of benzene rings is 3. The highest BCUT2D eigenvalue weighted by Gasteiger charge is 2.03. The summed E-state index contributed by atoms with van der Waals surface area (Å²) in [6.45, 7) is 4.00. The largest absolute Gasteiger partial charge is 0.465 e. The lowest BCUT2D eigenvalue weighted by molar-refractivity contribution is 0.0600. The van der Waals surface area contributed by atoms with E-state index in [-0.39, 0.29) is 5.97 Å². The Labute approximate surface area is 166 Å². The molecule has 0 bridgehead atoms. The number of methoxy groups -OCH3 is 1. The van der Waals surface area contributed by atoms with Crippen molar-refractivity contribution in [3.63, 3.8) is 0 Å². The van der Waals surface area contributed by atoms with Crippen molar-refractivity contribution in [3.8, 4) is 11.1 Å². The fraction of sp³-hybridized carbons (Fsp3) is 0.125. The van der Waals surface area contributed by atoms with Crippen LogP contribution >= 0.6 is 12.6 Å². The Morgan fingerprint density at radius 1 is 0.741 bits per heavy atom. The molecule has 0 aromatic heterocycles. The number of rotatable bonds is 4. The van der Waals surface area contributed by atoms with Crippen LogP contribution in [0.25, 0.3) is 23.3 Å². The van der Waals surface area contributed by atoms with Crippen molar-refractivity contribution in [1.82, 2.24) is 0 Å². The minimum Gasteiger partial charge on any atom is -0.465 e. The molecule has 0 fully saturated rings. The van der Waals surface area contributed by atoms with Gasteiger partial charge in [-0.25, -0.2) is 4.79 Å². The van der Waals surface area contributed by atoms with Gasteiger partial charge in [0, 0.05) is 4.90 Å². The maximum atomic E-state index is 11.4. The standard InChI is InChI=1S/C22H18O2S.C2H6/c1-24-22(23)20-10-6-17(7-11-20)3-2-16-4-8-18(9-5-16)19-12-14-21(25)15-13-19;1-2/h2-15,25H,1H3;1-2H3/b3-2+;. The SMILES string of the molecule is CC.COC(=O)c1ccc(/C=C/c2ccc(-c3ccc(S)cc3)cc2)cc1. The Hall–Kier alpha value is -2.78. The summed E-state index contributed by atoms with van der Waals surface area (Å²) >= 11 is 4.31. The quantitative estimate of drug-likeness (QED) is 0.314. The topological polar surface area (TPSA) is 26.3 Å². The zero-order valence-corrected chi connectivity index (χ0v) is 16.7. The van der Waals surface area contributed by atoms with Gasteiger partial charge in [-0.1, -0.05) is 74.5 Å². The fourth-order valence-corrected chi connectivity index (χ4v) is 2.63. The number of ether oxygens (including phenoxy) is 1. The molecule has 0 heterocycles. The van der Waals surface area contributed by atoms with Gasteiger partial charge in [-0.15, -0.1) is 12.6 Å². The first-order chi connectivity index (χ1) is 13.2. The molecule has 0 unspecified atom stereocenters. The number of thiol groups is 1. The first kappa shape index (κ1) is 20.5. The second kappa shape index (κ2) is 10.4. The average molecular weight is 377 g/mol. The molecule has 0 atom stereocenters. The van der Waals surface area contributed by atoms with Crippen molar-refractivity contribution >= 4 is 30.8 Å². The van der Waals surface area contributed by atoms with Crippen LogP contribution in [0, 0.1) is 0 Å². The van der Waals surface area contributed by atoms with E-state index in [4.69, 9.17) is 4.74 Å². The second-order valence-corrected chi connectivity index (χ2v) is 6.13. The highest BCUT2D eigenvalue weighted by molar-refractivity contribution is 7.80. The highest BCUT2D eigenvalue weighted by atomic mass is 32.1. The minimum absolute atomic E-state index is 0.322. The van der Waals surface area contributed by atoms with Crippen LogP contribution < -0.4 is 0 Å². The first-order valence-electron chi connectivity index (χ1n) is 8.91. The van der Waals surface area contributed by atoms with Gasteiger partial charge in [0.25, 0.3) is 0 Å². The van der Waals surface area contributed by atoms with Crippen molar-refractivity contribution in [3.05, 3.63) is 89.5 Å². The summed E-state index contributed by atoms with van der Waals surface area (Å²) in [4.78, 5) is 12.4. The van der Waals surface area contributed by atoms with Gasteiger partial charge in [0.1, 0.15) is 0 Å². The maximum Gasteiger partial charge on any atom is 0.337 e. The van der Waals surface area contributed by atoms with Crippen molar-refractivity contribution in [2.75, 3.05) is 7.11 Å². The van der Waals surface area contributed by atoms with E-state index in [1.807, 2.05) is 50.3 Å². The van der Waals surface area contributed by atoms with Gasteiger partial charge in [0.05, 0.1) is 12.7 Å². The molecule has 0 saturated carbocycles. The van der Waals surface area contributed by atoms with Gasteiger partial charge in [0.2, 0.25) is 0 Å². The number of carbonyl (C=O) groups is 1. The molecule has 0 saturated heterocycles. The van der Waals surface area contributed by atoms with E-state index in [9.17, 15) is 4.79 Å². The lowest BCUT2D eigenvalue weighted by atomic mass is 10.0. The van der Waals surface area contributed by atoms with Gasteiger partial charge in [-0.3, -0.25) is 0 Å². The summed E-state index contributed by atoms with van der Waals surface area (Å²) in [5.41, 5.74) is 5.04. The molecule has 0 spiro atoms. The van der Waals surface area contributed by atoms with Gasteiger partial charge < -0.3 is 4.74 Å². The van der Waals surface area contributed by atoms with Crippen LogP contribution in [0.1, 0.15) is 35.3 Å². The predicted octanol–water partition coefficient (Wildman–Crippen LogP) is 6.63. The number of esters is 1. The van der Waals surface area contributed by atoms with Gasteiger partial charge in [-0.05, 0) is 46.5 Å². The van der Waals surface area contributed by atoms with Gasteiger partial charge in [-0.2, -0.15) is 0 Å². The summed E-state index contributed by atoms with van der Waals surface area (Å²) in [6, 6.07) is 23.8. The third kappa shape index (κ3) is 5.87. The van der Waals surface area contributed by atoms with E-state index in [1.165, 1.54) is 18.2 Å². The van der Waals surface area contributed by atoms with Gasteiger partial charge >= 0.3 is 5.97 Å². The van der Waals surface area contributed by atoms with Crippen LogP contribution in [0.5, 0.6) is 0 Å². The molecule has 138 valence electrons. The Kier molecular flexibility index (Phi) is 7.90. The van der Waals surface area contributed by atoms with Gasteiger partial charge in [0.15, 0.2) is 0 Å². The number of hydrogen-bond acceptors (Lipinski definition) is 3. The van der Waals surface area contributed by atoms with Crippen LogP contribution in [0.3, 0.4) is 0 Å². The molecule has 0 amide bonds. The summed E-state index contributed by atoms with van der Waals surface area (Å²) in [7, 11) is 1.38. The average Bonchev–Trinajstić information content (AvgIpc) is 2.74. The molecule has 2 nitrogen and oxygen atoms in total. The summed E-state index contributed by atoms with van der Waals surface area (Å²) in [6.07, 6.45) is 4.07. The predicted molar refractivity (Wildman–Crippen MR) is 117 cm³/mol. The molecule has 3 heteroatoms. The summed E-state index contributed by atoms with van der Waals surface area (Å²) in [5.74, 6) is -0.322. The minimum atomic E-state index is -0.322. The normalized spacial score (nSPS) is 10.2. The summed E-state index contributed by atoms with van der Waals surface area (Å²) in [5, 5.41) is 0. The Morgan fingerprint density at radius 3 is 1.59 bits per heavy atom. The molecule has 0 aliphatic rings. The second-order valence-electron chi connectivity index (χ2n) is 5.62. The van der Waals surface area contributed by atoms with E-state index < -0.39 is 0 Å². The lowest BCUT2D eigenvalue weighted by Crippen LogP contribution is -2.00. The fourth-order valence-electron chi connectivity index (χ4n) is 2.48. The van der Waals surface area contributed by atoms with E-state index in [1.54, 1.807) is 12.1 Å². The molecule has 3 aromatic rings. The summed E-state index contributed by atoms with van der Waals surface area (Å²) < 4.78 is 4.70. The van der Waals surface area contributed by atoms with E-state index >= 15 is 0 Å². The Bertz CT molecular complexity index is 877. The van der Waals surface area contributed by atoms with Crippen LogP contribution in [0.4, 0.5) is 0 Å². The molecule has 0 N–H and O–H groups in total. The number of hydrogen-bond donors (Lipinski definition) is 1. The highest BCUT2D eigenvalue weighted by Crippen LogP contribution is 2.22. The molecular formula is C24H24O2S. The van der Waals surface area contributed by atoms with Crippen molar-refractivity contribution in [2.24, 2.45) is 0 Å². The maximum absolute atomic E-state index is 11.4. The first-order valence-corrected chi connectivity index (χ1v) is 9.36. The van der Waals surface area contributed by atoms with E-state index in [0.717, 1.165) is 16.0 Å². The zero-order valence-electron chi connectivity index (χ0n) is 15.8. The smallest absolute Gasteiger partial charge is 0.337 e. The van der Waals surface area contributed by atoms with E-state index in [0.29, 0.717) is 5.56 Å². The zero-order chi connectivity index (χ0) is 19.6. The molecule has 3 rings (SSSR count). The molecule has 27 heavy (non-hydrogen) atoms. The monoisotopic (exact) mass is 376 g/mol. The van der Waals surface area contributed by atoms with Crippen molar-refractivity contribution in [2.45, 2.75) is 18.7 Å². The van der Waals surface area contributed by atoms with Crippen LogP contribution in [0.15, 0.2) is 77.7 Å². The Balaban J connectivity index is 0.00000126.